The van der Waals surface area contributed by atoms with Gasteiger partial charge in [0.25, 0.3) is 0 Å². The smallest absolute Gasteiger partial charge is 0.420 e. The first-order chi connectivity index (χ1) is 17.2. The molecule has 0 amide bonds. The number of nitrogens with zero attached hydrogens (tertiary/aromatic N) is 3. The largest absolute Gasteiger partial charge is 0.494 e. The number of aromatic nitrogens is 2. The van der Waals surface area contributed by atoms with E-state index in [1.165, 1.54) is 7.11 Å². The van der Waals surface area contributed by atoms with Gasteiger partial charge in [-0.25, -0.2) is 8.78 Å². The van der Waals surface area contributed by atoms with E-state index < -0.39 is 34.6 Å². The molecule has 2 aliphatic heterocycles. The molecule has 3 aliphatic rings. The van der Waals surface area contributed by atoms with Crippen molar-refractivity contribution < 1.29 is 31.4 Å². The highest BCUT2D eigenvalue weighted by molar-refractivity contribution is 5.64. The number of halogens is 5. The Hall–Kier alpha value is -2.53. The van der Waals surface area contributed by atoms with Gasteiger partial charge < -0.3 is 19.7 Å². The Kier molecular flexibility index (Phi) is 7.04. The molecule has 3 heterocycles. The Morgan fingerprint density at radius 1 is 1.03 bits per heavy atom. The number of hydrogen-bond donors (Lipinski definition) is 1. The summed E-state index contributed by atoms with van der Waals surface area (Å²) in [6, 6.07) is 2.09. The summed E-state index contributed by atoms with van der Waals surface area (Å²) in [7, 11) is 1.17. The van der Waals surface area contributed by atoms with Gasteiger partial charge in [0.2, 0.25) is 0 Å². The van der Waals surface area contributed by atoms with E-state index in [4.69, 9.17) is 9.47 Å². The van der Waals surface area contributed by atoms with Crippen LogP contribution in [0, 0.1) is 29.4 Å². The van der Waals surface area contributed by atoms with Gasteiger partial charge >= 0.3 is 6.18 Å². The molecular formula is C25H29F5N4O2. The van der Waals surface area contributed by atoms with Crippen molar-refractivity contribution in [3.8, 4) is 17.0 Å². The fourth-order valence-corrected chi connectivity index (χ4v) is 5.88. The number of nitrogens with one attached hydrogen (secondary N) is 1. The SMILES string of the molecule is COc1cc(F)c(-c2cc(C(F)(F)F)c(NC3CC4CN(CC5CCOCC5)CC4C3)nn2)cc1F. The highest BCUT2D eigenvalue weighted by atomic mass is 19.4. The van der Waals surface area contributed by atoms with E-state index in [2.05, 4.69) is 20.4 Å². The number of rotatable bonds is 6. The molecule has 1 aromatic carbocycles. The average molecular weight is 513 g/mol. The fraction of sp³-hybridized carbons (Fsp3) is 0.600. The van der Waals surface area contributed by atoms with Crippen LogP contribution in [0.4, 0.5) is 27.8 Å². The molecule has 1 aliphatic carbocycles. The predicted molar refractivity (Wildman–Crippen MR) is 123 cm³/mol. The van der Waals surface area contributed by atoms with Crippen molar-refractivity contribution in [2.24, 2.45) is 17.8 Å². The molecule has 2 saturated heterocycles. The van der Waals surface area contributed by atoms with Crippen LogP contribution in [-0.2, 0) is 10.9 Å². The van der Waals surface area contributed by atoms with Gasteiger partial charge in [0, 0.05) is 50.5 Å². The van der Waals surface area contributed by atoms with Crippen molar-refractivity contribution in [1.82, 2.24) is 15.1 Å². The first-order valence-electron chi connectivity index (χ1n) is 12.3. The second kappa shape index (κ2) is 10.1. The number of alkyl halides is 3. The van der Waals surface area contributed by atoms with Crippen LogP contribution in [0.3, 0.4) is 0 Å². The number of fused-ring (bicyclic) bond motifs is 1. The third-order valence-electron chi connectivity index (χ3n) is 7.64. The summed E-state index contributed by atoms with van der Waals surface area (Å²) in [5.41, 5.74) is -1.88. The molecule has 1 aromatic heterocycles. The molecule has 0 spiro atoms. The molecule has 2 atom stereocenters. The van der Waals surface area contributed by atoms with E-state index >= 15 is 0 Å². The third-order valence-corrected chi connectivity index (χ3v) is 7.64. The van der Waals surface area contributed by atoms with E-state index in [9.17, 15) is 22.0 Å². The molecule has 36 heavy (non-hydrogen) atoms. The van der Waals surface area contributed by atoms with E-state index in [1.807, 2.05) is 0 Å². The number of hydrogen-bond acceptors (Lipinski definition) is 6. The summed E-state index contributed by atoms with van der Waals surface area (Å²) < 4.78 is 80.4. The lowest BCUT2D eigenvalue weighted by atomic mass is 10.00. The van der Waals surface area contributed by atoms with Crippen molar-refractivity contribution in [2.75, 3.05) is 45.3 Å². The molecule has 196 valence electrons. The zero-order chi connectivity index (χ0) is 25.4. The number of likely N-dealkylation sites (tertiary alicyclic amines) is 1. The van der Waals surface area contributed by atoms with Crippen molar-refractivity contribution >= 4 is 5.82 Å². The topological polar surface area (TPSA) is 59.5 Å². The second-order valence-electron chi connectivity index (χ2n) is 10.1. The van der Waals surface area contributed by atoms with Crippen LogP contribution in [0.15, 0.2) is 18.2 Å². The lowest BCUT2D eigenvalue weighted by molar-refractivity contribution is -0.137. The fourth-order valence-electron chi connectivity index (χ4n) is 5.88. The lowest BCUT2D eigenvalue weighted by Crippen LogP contribution is -2.32. The molecule has 6 nitrogen and oxygen atoms in total. The van der Waals surface area contributed by atoms with Crippen LogP contribution >= 0.6 is 0 Å². The maximum Gasteiger partial charge on any atom is 0.420 e. The van der Waals surface area contributed by atoms with Gasteiger partial charge in [-0.05, 0) is 55.6 Å². The van der Waals surface area contributed by atoms with Gasteiger partial charge in [-0.1, -0.05) is 0 Å². The number of benzene rings is 1. The summed E-state index contributed by atoms with van der Waals surface area (Å²) in [6.07, 6.45) is -1.07. The van der Waals surface area contributed by atoms with Gasteiger partial charge in [-0.2, -0.15) is 13.2 Å². The van der Waals surface area contributed by atoms with Crippen molar-refractivity contribution in [3.63, 3.8) is 0 Å². The Balaban J connectivity index is 1.28. The molecule has 3 fully saturated rings. The number of ether oxygens (including phenoxy) is 2. The molecule has 1 saturated carbocycles. The van der Waals surface area contributed by atoms with Gasteiger partial charge in [-0.15, -0.1) is 10.2 Å². The lowest BCUT2D eigenvalue weighted by Gasteiger charge is -2.28. The van der Waals surface area contributed by atoms with Crippen molar-refractivity contribution in [3.05, 3.63) is 35.4 Å². The van der Waals surface area contributed by atoms with Crippen LogP contribution in [0.25, 0.3) is 11.3 Å². The molecule has 5 rings (SSSR count). The predicted octanol–water partition coefficient (Wildman–Crippen LogP) is 5.00. The Morgan fingerprint density at radius 3 is 2.36 bits per heavy atom. The molecule has 0 radical (unpaired) electrons. The van der Waals surface area contributed by atoms with E-state index in [0.717, 1.165) is 70.7 Å². The highest BCUT2D eigenvalue weighted by Crippen LogP contribution is 2.42. The summed E-state index contributed by atoms with van der Waals surface area (Å²) >= 11 is 0. The third kappa shape index (κ3) is 5.27. The summed E-state index contributed by atoms with van der Waals surface area (Å²) in [4.78, 5) is 2.49. The van der Waals surface area contributed by atoms with Gasteiger partial charge in [-0.3, -0.25) is 0 Å². The molecule has 2 aromatic rings. The van der Waals surface area contributed by atoms with Gasteiger partial charge in [0.15, 0.2) is 17.4 Å². The van der Waals surface area contributed by atoms with Crippen LogP contribution in [0.5, 0.6) is 5.75 Å². The zero-order valence-corrected chi connectivity index (χ0v) is 20.0. The molecule has 2 unspecified atom stereocenters. The first-order valence-corrected chi connectivity index (χ1v) is 12.3. The minimum Gasteiger partial charge on any atom is -0.494 e. The standard InChI is InChI=1S/C25H29F5N4O2/c1-35-23-10-20(26)18(8-21(23)27)22-9-19(25(28,29)30)24(33-32-22)31-17-6-15-12-34(13-16(15)7-17)11-14-2-4-36-5-3-14/h8-10,14-17H,2-7,11-13H2,1H3,(H,31,33). The molecule has 11 heteroatoms. The van der Waals surface area contributed by atoms with E-state index in [0.29, 0.717) is 23.8 Å². The van der Waals surface area contributed by atoms with E-state index in [-0.39, 0.29) is 17.6 Å². The van der Waals surface area contributed by atoms with Gasteiger partial charge in [0.05, 0.1) is 12.8 Å². The van der Waals surface area contributed by atoms with Crippen LogP contribution in [-0.4, -0.2) is 61.1 Å². The normalized spacial score (nSPS) is 25.2. The summed E-state index contributed by atoms with van der Waals surface area (Å²) in [5.74, 6) is -1.08. The minimum atomic E-state index is -4.75. The number of methoxy groups -OCH3 is 1. The maximum absolute atomic E-state index is 14.4. The van der Waals surface area contributed by atoms with Crippen LogP contribution in [0.1, 0.15) is 31.2 Å². The zero-order valence-electron chi connectivity index (χ0n) is 20.0. The Morgan fingerprint density at radius 2 is 1.72 bits per heavy atom. The van der Waals surface area contributed by atoms with Crippen molar-refractivity contribution in [1.29, 1.82) is 0 Å². The Bertz CT molecular complexity index is 1080. The monoisotopic (exact) mass is 512 g/mol. The molecule has 1 N–H and O–H groups in total. The number of anilines is 1. The highest BCUT2D eigenvalue weighted by Gasteiger charge is 2.43. The van der Waals surface area contributed by atoms with Gasteiger partial charge in [0.1, 0.15) is 11.4 Å². The quantitative estimate of drug-likeness (QED) is 0.550. The molecule has 0 bridgehead atoms. The van der Waals surface area contributed by atoms with Crippen LogP contribution in [0.2, 0.25) is 0 Å². The van der Waals surface area contributed by atoms with Crippen LogP contribution < -0.4 is 10.1 Å². The summed E-state index contributed by atoms with van der Waals surface area (Å²) in [6.45, 7) is 4.61. The summed E-state index contributed by atoms with van der Waals surface area (Å²) in [5, 5.41) is 10.5. The van der Waals surface area contributed by atoms with Crippen molar-refractivity contribution in [2.45, 2.75) is 37.9 Å². The van der Waals surface area contributed by atoms with E-state index in [1.54, 1.807) is 0 Å². The molecular weight excluding hydrogens is 483 g/mol. The second-order valence-corrected chi connectivity index (χ2v) is 10.1. The first kappa shape index (κ1) is 25.1. The average Bonchev–Trinajstić information content (AvgIpc) is 3.38. The maximum atomic E-state index is 14.4. The Labute approximate surface area is 206 Å². The minimum absolute atomic E-state index is 0.151.